The van der Waals surface area contributed by atoms with E-state index in [9.17, 15) is 9.59 Å². The molecule has 1 aliphatic rings. The van der Waals surface area contributed by atoms with Crippen molar-refractivity contribution in [3.8, 4) is 0 Å². The van der Waals surface area contributed by atoms with E-state index in [1.165, 1.54) is 11.3 Å². The van der Waals surface area contributed by atoms with Gasteiger partial charge in [-0.2, -0.15) is 0 Å². The molecule has 4 N–H and O–H groups in total. The predicted molar refractivity (Wildman–Crippen MR) is 152 cm³/mol. The lowest BCUT2D eigenvalue weighted by molar-refractivity contribution is -0.143. The molecule has 210 valence electrons. The summed E-state index contributed by atoms with van der Waals surface area (Å²) in [6.45, 7) is 10.0. The van der Waals surface area contributed by atoms with E-state index in [0.717, 1.165) is 43.1 Å². The molecule has 0 radical (unpaired) electrons. The molecular formula is C26H34ClN7O4S. The van der Waals surface area contributed by atoms with Crippen LogP contribution in [0.3, 0.4) is 0 Å². The van der Waals surface area contributed by atoms with Gasteiger partial charge < -0.3 is 20.2 Å². The van der Waals surface area contributed by atoms with Crippen molar-refractivity contribution in [2.24, 2.45) is 5.90 Å². The van der Waals surface area contributed by atoms with Gasteiger partial charge in [0.1, 0.15) is 17.5 Å². The number of hydrogen-bond donors (Lipinski definition) is 3. The van der Waals surface area contributed by atoms with E-state index in [1.807, 2.05) is 39.0 Å². The fourth-order valence-corrected chi connectivity index (χ4v) is 5.22. The number of hydrogen-bond acceptors (Lipinski definition) is 12. The van der Waals surface area contributed by atoms with Crippen LogP contribution in [0.5, 0.6) is 0 Å². The molecule has 0 saturated carbocycles. The van der Waals surface area contributed by atoms with Crippen molar-refractivity contribution in [3.05, 3.63) is 57.3 Å². The van der Waals surface area contributed by atoms with Gasteiger partial charge in [0.25, 0.3) is 0 Å². The largest absolute Gasteiger partial charge is 0.466 e. The van der Waals surface area contributed by atoms with Crippen molar-refractivity contribution in [3.63, 3.8) is 0 Å². The average molecular weight is 576 g/mol. The van der Waals surface area contributed by atoms with Crippen molar-refractivity contribution in [1.82, 2.24) is 19.9 Å². The lowest BCUT2D eigenvalue weighted by atomic mass is 10.0. The fourth-order valence-electron chi connectivity index (χ4n) is 4.17. The number of anilines is 3. The van der Waals surface area contributed by atoms with Crippen LogP contribution in [0.25, 0.3) is 0 Å². The maximum absolute atomic E-state index is 12.9. The van der Waals surface area contributed by atoms with Crippen LogP contribution in [0.15, 0.2) is 30.5 Å². The van der Waals surface area contributed by atoms with Crippen molar-refractivity contribution in [2.45, 2.75) is 33.6 Å². The number of carbonyl (C=O) groups excluding carboxylic acids is 2. The number of ether oxygens (including phenoxy) is 1. The molecule has 0 unspecified atom stereocenters. The highest BCUT2D eigenvalue weighted by Crippen LogP contribution is 2.27. The molecule has 1 aromatic carbocycles. The minimum Gasteiger partial charge on any atom is -0.466 e. The summed E-state index contributed by atoms with van der Waals surface area (Å²) in [6.07, 6.45) is 2.23. The number of carbonyl (C=O) groups is 2. The Balaban J connectivity index is 0.00000205. The summed E-state index contributed by atoms with van der Waals surface area (Å²) in [4.78, 5) is 43.0. The third-order valence-electron chi connectivity index (χ3n) is 6.16. The Morgan fingerprint density at radius 2 is 1.92 bits per heavy atom. The minimum absolute atomic E-state index is 0.0258. The van der Waals surface area contributed by atoms with Crippen LogP contribution in [0.4, 0.5) is 16.8 Å². The standard InChI is InChI=1S/C26H31ClN6O3S.H3NO/c1-4-36-25(35)8-9-32-10-12-33(13-11-32)24-15-23(29-18(3)30-24)31-26-28-16-22(37-26)21(34)14-19-17(2)6-5-7-20(19)27;1-2/h5-7,15-16H,4,8-14H2,1-3H3,(H,28,29,30,31);2H,1H2. The summed E-state index contributed by atoms with van der Waals surface area (Å²) in [5.74, 6) is 5.43. The molecule has 1 fully saturated rings. The highest BCUT2D eigenvalue weighted by molar-refractivity contribution is 7.17. The molecule has 0 spiro atoms. The lowest BCUT2D eigenvalue weighted by Gasteiger charge is -2.35. The molecular weight excluding hydrogens is 542 g/mol. The lowest BCUT2D eigenvalue weighted by Crippen LogP contribution is -2.47. The predicted octanol–water partition coefficient (Wildman–Crippen LogP) is 3.78. The molecule has 3 heterocycles. The number of nitrogens with two attached hydrogens (primary N) is 1. The number of benzene rings is 1. The number of thiazole rings is 1. The van der Waals surface area contributed by atoms with Crippen molar-refractivity contribution >= 4 is 51.5 Å². The highest BCUT2D eigenvalue weighted by Gasteiger charge is 2.20. The molecule has 1 aliphatic heterocycles. The number of nitrogens with zero attached hydrogens (tertiary/aromatic N) is 5. The van der Waals surface area contributed by atoms with Crippen LogP contribution >= 0.6 is 22.9 Å². The van der Waals surface area contributed by atoms with Gasteiger partial charge in [0, 0.05) is 50.2 Å². The van der Waals surface area contributed by atoms with E-state index in [4.69, 9.17) is 21.5 Å². The number of ketones is 1. The second-order valence-corrected chi connectivity index (χ2v) is 10.3. The summed E-state index contributed by atoms with van der Waals surface area (Å²) in [5.41, 5.74) is 1.83. The van der Waals surface area contributed by atoms with Gasteiger partial charge in [0.2, 0.25) is 0 Å². The van der Waals surface area contributed by atoms with Crippen LogP contribution in [0.1, 0.15) is 40.0 Å². The van der Waals surface area contributed by atoms with Crippen molar-refractivity contribution in [1.29, 1.82) is 0 Å². The van der Waals surface area contributed by atoms with Crippen LogP contribution in [0, 0.1) is 13.8 Å². The quantitative estimate of drug-likeness (QED) is 0.184. The SMILES string of the molecule is CCOC(=O)CCN1CCN(c2cc(Nc3ncc(C(=O)Cc4c(C)cccc4Cl)s3)nc(C)n2)CC1.NO. The smallest absolute Gasteiger partial charge is 0.307 e. The Bertz CT molecular complexity index is 1240. The monoisotopic (exact) mass is 575 g/mol. The third-order valence-corrected chi connectivity index (χ3v) is 7.47. The molecule has 11 nitrogen and oxygen atoms in total. The Morgan fingerprint density at radius 3 is 2.62 bits per heavy atom. The van der Waals surface area contributed by atoms with E-state index in [-0.39, 0.29) is 18.2 Å². The topological polar surface area (TPSA) is 147 Å². The number of nitrogens with one attached hydrogen (secondary N) is 1. The molecule has 39 heavy (non-hydrogen) atoms. The zero-order valence-electron chi connectivity index (χ0n) is 22.3. The molecule has 0 amide bonds. The maximum atomic E-state index is 12.9. The van der Waals surface area contributed by atoms with E-state index < -0.39 is 0 Å². The maximum Gasteiger partial charge on any atom is 0.307 e. The Hall–Kier alpha value is -3.16. The highest BCUT2D eigenvalue weighted by atomic mass is 35.5. The Kier molecular flexibility index (Phi) is 11.6. The Labute approximate surface area is 236 Å². The first-order valence-electron chi connectivity index (χ1n) is 12.6. The zero-order chi connectivity index (χ0) is 28.4. The number of piperazine rings is 1. The first kappa shape index (κ1) is 30.4. The van der Waals surface area contributed by atoms with Crippen LogP contribution < -0.4 is 16.1 Å². The van der Waals surface area contributed by atoms with Gasteiger partial charge in [-0.3, -0.25) is 14.5 Å². The molecule has 3 aromatic rings. The molecule has 13 heteroatoms. The van der Waals surface area contributed by atoms with Gasteiger partial charge in [-0.05, 0) is 38.0 Å². The molecule has 0 bridgehead atoms. The summed E-state index contributed by atoms with van der Waals surface area (Å²) < 4.78 is 5.02. The van der Waals surface area contributed by atoms with Gasteiger partial charge in [0.05, 0.1) is 24.1 Å². The average Bonchev–Trinajstić information content (AvgIpc) is 3.39. The number of aromatic nitrogens is 3. The Morgan fingerprint density at radius 1 is 1.18 bits per heavy atom. The van der Waals surface area contributed by atoms with E-state index >= 15 is 0 Å². The number of halogens is 1. The third kappa shape index (κ3) is 8.67. The summed E-state index contributed by atoms with van der Waals surface area (Å²) in [7, 11) is 0. The molecule has 0 aliphatic carbocycles. The van der Waals surface area contributed by atoms with Gasteiger partial charge in [-0.1, -0.05) is 35.1 Å². The van der Waals surface area contributed by atoms with Gasteiger partial charge in [-0.15, -0.1) is 0 Å². The first-order chi connectivity index (χ1) is 18.8. The number of aryl methyl sites for hydroxylation is 2. The molecule has 0 atom stereocenters. The number of esters is 1. The fraction of sp³-hybridized carbons (Fsp3) is 0.423. The second kappa shape index (κ2) is 14.8. The minimum atomic E-state index is -0.155. The van der Waals surface area contributed by atoms with Gasteiger partial charge in [-0.25, -0.2) is 20.8 Å². The van der Waals surface area contributed by atoms with E-state index in [1.54, 1.807) is 12.3 Å². The molecule has 4 rings (SSSR count). The van der Waals surface area contributed by atoms with Crippen LogP contribution in [-0.2, 0) is 16.0 Å². The van der Waals surface area contributed by atoms with Crippen molar-refractivity contribution < 1.29 is 19.5 Å². The van der Waals surface area contributed by atoms with E-state index in [0.29, 0.717) is 46.2 Å². The normalized spacial score (nSPS) is 13.4. The van der Waals surface area contributed by atoms with Crippen LogP contribution in [-0.4, -0.2) is 76.1 Å². The van der Waals surface area contributed by atoms with E-state index in [2.05, 4.69) is 36.0 Å². The number of rotatable bonds is 10. The van der Waals surface area contributed by atoms with Crippen LogP contribution in [0.2, 0.25) is 5.02 Å². The summed E-state index contributed by atoms with van der Waals surface area (Å²) in [6, 6.07) is 7.53. The first-order valence-corrected chi connectivity index (χ1v) is 13.8. The molecule has 2 aromatic heterocycles. The molecule has 1 saturated heterocycles. The zero-order valence-corrected chi connectivity index (χ0v) is 23.9. The summed E-state index contributed by atoms with van der Waals surface area (Å²) in [5, 5.41) is 10.9. The van der Waals surface area contributed by atoms with Crippen molar-refractivity contribution in [2.75, 3.05) is 49.5 Å². The summed E-state index contributed by atoms with van der Waals surface area (Å²) >= 11 is 7.59. The second-order valence-electron chi connectivity index (χ2n) is 8.83. The van der Waals surface area contributed by atoms with Gasteiger partial charge >= 0.3 is 5.97 Å². The number of Topliss-reactive ketones (excluding diaryl/α,β-unsaturated/α-hetero) is 1. The van der Waals surface area contributed by atoms with Gasteiger partial charge in [0.15, 0.2) is 10.9 Å².